The van der Waals surface area contributed by atoms with E-state index in [1.54, 1.807) is 0 Å². The third-order valence-electron chi connectivity index (χ3n) is 6.21. The summed E-state index contributed by atoms with van der Waals surface area (Å²) in [5, 5.41) is 3.62. The van der Waals surface area contributed by atoms with E-state index in [4.69, 9.17) is 5.73 Å². The van der Waals surface area contributed by atoms with E-state index in [-0.39, 0.29) is 0 Å². The van der Waals surface area contributed by atoms with Gasteiger partial charge in [-0.05, 0) is 75.5 Å². The molecule has 4 heteroatoms. The molecule has 4 N–H and O–H groups in total. The van der Waals surface area contributed by atoms with Crippen molar-refractivity contribution in [1.29, 1.82) is 0 Å². The van der Waals surface area contributed by atoms with Gasteiger partial charge in [0.25, 0.3) is 0 Å². The Morgan fingerprint density at radius 3 is 2.20 bits per heavy atom. The van der Waals surface area contributed by atoms with E-state index in [1.807, 2.05) is 6.92 Å². The maximum atomic E-state index is 6.00. The lowest BCUT2D eigenvalue weighted by Gasteiger charge is -2.59. The highest BCUT2D eigenvalue weighted by Gasteiger charge is 2.53. The van der Waals surface area contributed by atoms with Crippen LogP contribution in [-0.2, 0) is 0 Å². The van der Waals surface area contributed by atoms with Gasteiger partial charge in [-0.15, -0.1) is 0 Å². The van der Waals surface area contributed by atoms with Crippen LogP contribution in [0.1, 0.15) is 51.3 Å². The standard InChI is InChI=1S/C16H26N4/c1-9(18-15-14(17)19-10(2)20-15)16-6-11-3-12(7-16)5-13(4-11)8-16/h9,11-13,18H,3-8,17H2,1-2H3,(H,19,20). The molecule has 20 heavy (non-hydrogen) atoms. The van der Waals surface area contributed by atoms with E-state index in [2.05, 4.69) is 22.2 Å². The van der Waals surface area contributed by atoms with Gasteiger partial charge in [-0.1, -0.05) is 0 Å². The van der Waals surface area contributed by atoms with Gasteiger partial charge in [0.05, 0.1) is 0 Å². The summed E-state index contributed by atoms with van der Waals surface area (Å²) in [6.45, 7) is 4.30. The first-order valence-corrected chi connectivity index (χ1v) is 8.13. The predicted octanol–water partition coefficient (Wildman–Crippen LogP) is 3.32. The van der Waals surface area contributed by atoms with Crippen molar-refractivity contribution in [2.45, 2.75) is 58.4 Å². The van der Waals surface area contributed by atoms with Crippen LogP contribution < -0.4 is 11.1 Å². The van der Waals surface area contributed by atoms with E-state index < -0.39 is 0 Å². The lowest BCUT2D eigenvalue weighted by molar-refractivity contribution is -0.0602. The van der Waals surface area contributed by atoms with Gasteiger partial charge in [-0.3, -0.25) is 0 Å². The van der Waals surface area contributed by atoms with Crippen molar-refractivity contribution in [1.82, 2.24) is 9.97 Å². The number of nitrogens with one attached hydrogen (secondary N) is 2. The normalized spacial score (nSPS) is 40.0. The summed E-state index contributed by atoms with van der Waals surface area (Å²) in [4.78, 5) is 7.58. The number of nitrogens with zero attached hydrogens (tertiary/aromatic N) is 1. The first-order valence-electron chi connectivity index (χ1n) is 8.13. The number of anilines is 2. The number of H-pyrrole nitrogens is 1. The summed E-state index contributed by atoms with van der Waals surface area (Å²) in [6, 6.07) is 0.473. The molecule has 4 saturated carbocycles. The zero-order valence-corrected chi connectivity index (χ0v) is 12.6. The Kier molecular flexibility index (Phi) is 2.60. The van der Waals surface area contributed by atoms with Crippen LogP contribution in [0.4, 0.5) is 11.6 Å². The largest absolute Gasteiger partial charge is 0.382 e. The number of aryl methyl sites for hydroxylation is 1. The van der Waals surface area contributed by atoms with Crippen LogP contribution in [0.25, 0.3) is 0 Å². The highest BCUT2D eigenvalue weighted by molar-refractivity contribution is 5.57. The highest BCUT2D eigenvalue weighted by Crippen LogP contribution is 2.61. The van der Waals surface area contributed by atoms with Gasteiger partial charge in [-0.25, -0.2) is 4.98 Å². The molecule has 1 unspecified atom stereocenters. The lowest BCUT2D eigenvalue weighted by atomic mass is 9.48. The summed E-state index contributed by atoms with van der Waals surface area (Å²) >= 11 is 0. The average Bonchev–Trinajstić information content (AvgIpc) is 2.66. The van der Waals surface area contributed by atoms with Gasteiger partial charge >= 0.3 is 0 Å². The molecular weight excluding hydrogens is 248 g/mol. The number of nitrogen functional groups attached to an aromatic ring is 1. The van der Waals surface area contributed by atoms with Crippen LogP contribution in [0.2, 0.25) is 0 Å². The molecule has 110 valence electrons. The van der Waals surface area contributed by atoms with Crippen molar-refractivity contribution in [3.05, 3.63) is 5.82 Å². The van der Waals surface area contributed by atoms with Crippen molar-refractivity contribution in [3.63, 3.8) is 0 Å². The summed E-state index contributed by atoms with van der Waals surface area (Å²) in [5.74, 6) is 5.39. The fourth-order valence-electron chi connectivity index (χ4n) is 5.69. The van der Waals surface area contributed by atoms with E-state index in [0.717, 1.165) is 29.4 Å². The zero-order chi connectivity index (χ0) is 13.9. The number of imidazole rings is 1. The monoisotopic (exact) mass is 274 g/mol. The Morgan fingerprint density at radius 2 is 1.75 bits per heavy atom. The summed E-state index contributed by atoms with van der Waals surface area (Å²) in [6.07, 6.45) is 8.73. The SMILES string of the molecule is Cc1nc(NC(C)C23CC4CC(CC(C4)C2)C3)c(N)[nH]1. The van der Waals surface area contributed by atoms with Gasteiger partial charge in [0.15, 0.2) is 5.82 Å². The van der Waals surface area contributed by atoms with Crippen LogP contribution in [0.3, 0.4) is 0 Å². The van der Waals surface area contributed by atoms with E-state index in [0.29, 0.717) is 17.3 Å². The smallest absolute Gasteiger partial charge is 0.168 e. The second kappa shape index (κ2) is 4.15. The number of aromatic nitrogens is 2. The Balaban J connectivity index is 1.56. The number of rotatable bonds is 3. The molecule has 1 aromatic rings. The van der Waals surface area contributed by atoms with E-state index >= 15 is 0 Å². The molecule has 5 rings (SSSR count). The average molecular weight is 274 g/mol. The van der Waals surface area contributed by atoms with Crippen LogP contribution in [0.5, 0.6) is 0 Å². The molecule has 0 saturated heterocycles. The fourth-order valence-corrected chi connectivity index (χ4v) is 5.69. The molecule has 0 spiro atoms. The number of nitrogens with two attached hydrogens (primary N) is 1. The molecule has 4 fully saturated rings. The molecule has 0 aliphatic heterocycles. The molecule has 0 aromatic carbocycles. The fraction of sp³-hybridized carbons (Fsp3) is 0.812. The molecular formula is C16H26N4. The van der Waals surface area contributed by atoms with Crippen LogP contribution in [0, 0.1) is 30.1 Å². The molecule has 4 aliphatic rings. The Labute approximate surface area is 120 Å². The number of hydrogen-bond acceptors (Lipinski definition) is 3. The van der Waals surface area contributed by atoms with Gasteiger partial charge in [0.1, 0.15) is 11.6 Å². The highest BCUT2D eigenvalue weighted by atomic mass is 15.1. The molecule has 1 aromatic heterocycles. The van der Waals surface area contributed by atoms with Crippen molar-refractivity contribution < 1.29 is 0 Å². The predicted molar refractivity (Wildman–Crippen MR) is 81.4 cm³/mol. The maximum absolute atomic E-state index is 6.00. The van der Waals surface area contributed by atoms with Crippen LogP contribution in [-0.4, -0.2) is 16.0 Å². The molecule has 0 amide bonds. The summed E-state index contributed by atoms with van der Waals surface area (Å²) in [7, 11) is 0. The van der Waals surface area contributed by atoms with Crippen molar-refractivity contribution in [2.75, 3.05) is 11.1 Å². The Hall–Kier alpha value is -1.19. The zero-order valence-electron chi connectivity index (χ0n) is 12.6. The topological polar surface area (TPSA) is 66.7 Å². The minimum Gasteiger partial charge on any atom is -0.382 e. The summed E-state index contributed by atoms with van der Waals surface area (Å²) < 4.78 is 0. The van der Waals surface area contributed by atoms with E-state index in [1.165, 1.54) is 38.5 Å². The summed E-state index contributed by atoms with van der Waals surface area (Å²) in [5.41, 5.74) is 6.49. The molecule has 4 bridgehead atoms. The molecule has 1 heterocycles. The molecule has 1 atom stereocenters. The first kappa shape index (κ1) is 12.5. The molecule has 4 aliphatic carbocycles. The third-order valence-corrected chi connectivity index (χ3v) is 6.21. The van der Waals surface area contributed by atoms with Gasteiger partial charge < -0.3 is 16.0 Å². The minimum atomic E-state index is 0.473. The lowest BCUT2D eigenvalue weighted by Crippen LogP contribution is -2.53. The van der Waals surface area contributed by atoms with E-state index in [9.17, 15) is 0 Å². The quantitative estimate of drug-likeness (QED) is 0.792. The second-order valence-electron chi connectivity index (χ2n) is 7.73. The van der Waals surface area contributed by atoms with Crippen molar-refractivity contribution in [3.8, 4) is 0 Å². The Bertz CT molecular complexity index is 483. The van der Waals surface area contributed by atoms with Gasteiger partial charge in [0, 0.05) is 6.04 Å². The van der Waals surface area contributed by atoms with Gasteiger partial charge in [-0.2, -0.15) is 0 Å². The molecule has 0 radical (unpaired) electrons. The van der Waals surface area contributed by atoms with Crippen LogP contribution >= 0.6 is 0 Å². The molecule has 4 nitrogen and oxygen atoms in total. The maximum Gasteiger partial charge on any atom is 0.168 e. The number of hydrogen-bond donors (Lipinski definition) is 3. The van der Waals surface area contributed by atoms with Crippen LogP contribution in [0.15, 0.2) is 0 Å². The third kappa shape index (κ3) is 1.84. The first-order chi connectivity index (χ1) is 9.54. The second-order valence-corrected chi connectivity index (χ2v) is 7.73. The van der Waals surface area contributed by atoms with Gasteiger partial charge in [0.2, 0.25) is 0 Å². The van der Waals surface area contributed by atoms with Crippen molar-refractivity contribution >= 4 is 11.6 Å². The Morgan fingerprint density at radius 1 is 1.20 bits per heavy atom. The number of aromatic amines is 1. The van der Waals surface area contributed by atoms with Crippen molar-refractivity contribution in [2.24, 2.45) is 23.2 Å². The minimum absolute atomic E-state index is 0.473.